The quantitative estimate of drug-likeness (QED) is 0.457. The van der Waals surface area contributed by atoms with E-state index in [1.54, 1.807) is 12.4 Å². The van der Waals surface area contributed by atoms with E-state index in [4.69, 9.17) is 4.98 Å². The predicted octanol–water partition coefficient (Wildman–Crippen LogP) is 4.63. The lowest BCUT2D eigenvalue weighted by Crippen LogP contribution is -1.94. The largest absolute Gasteiger partial charge is 0.264 e. The van der Waals surface area contributed by atoms with Crippen molar-refractivity contribution >= 4 is 22.7 Å². The number of rotatable bonds is 4. The summed E-state index contributed by atoms with van der Waals surface area (Å²) in [6, 6.07) is 21.7. The molecule has 3 aromatic heterocycles. The molecular formula is C21H14N6S. The van der Waals surface area contributed by atoms with Crippen LogP contribution in [-0.2, 0) is 0 Å². The highest BCUT2D eigenvalue weighted by molar-refractivity contribution is 7.99. The molecule has 0 aliphatic rings. The van der Waals surface area contributed by atoms with Crippen LogP contribution >= 0.6 is 11.8 Å². The van der Waals surface area contributed by atoms with Gasteiger partial charge >= 0.3 is 0 Å². The van der Waals surface area contributed by atoms with Gasteiger partial charge in [-0.15, -0.1) is 5.10 Å². The summed E-state index contributed by atoms with van der Waals surface area (Å²) in [6.45, 7) is 0. The number of hydrogen-bond acceptors (Lipinski definition) is 6. The third-order valence-electron chi connectivity index (χ3n) is 4.19. The minimum atomic E-state index is 0.611. The van der Waals surface area contributed by atoms with Crippen LogP contribution in [0.4, 0.5) is 0 Å². The molecule has 1 N–H and O–H groups in total. The van der Waals surface area contributed by atoms with Crippen molar-refractivity contribution < 1.29 is 0 Å². The number of fused-ring (bicyclic) bond motifs is 1. The van der Waals surface area contributed by atoms with Crippen molar-refractivity contribution in [1.29, 1.82) is 0 Å². The van der Waals surface area contributed by atoms with Gasteiger partial charge in [-0.1, -0.05) is 48.5 Å². The first-order chi connectivity index (χ1) is 13.9. The van der Waals surface area contributed by atoms with Gasteiger partial charge in [-0.05, 0) is 30.0 Å². The lowest BCUT2D eigenvalue weighted by molar-refractivity contribution is 0.968. The second-order valence-corrected chi connectivity index (χ2v) is 7.00. The normalized spacial score (nSPS) is 11.0. The molecule has 2 aromatic carbocycles. The van der Waals surface area contributed by atoms with E-state index in [0.717, 1.165) is 32.9 Å². The van der Waals surface area contributed by atoms with E-state index in [0.29, 0.717) is 11.0 Å². The van der Waals surface area contributed by atoms with Crippen molar-refractivity contribution in [3.8, 4) is 22.8 Å². The first kappa shape index (κ1) is 16.6. The third kappa shape index (κ3) is 3.23. The molecule has 0 aliphatic carbocycles. The Morgan fingerprint density at radius 1 is 0.750 bits per heavy atom. The predicted molar refractivity (Wildman–Crippen MR) is 109 cm³/mol. The summed E-state index contributed by atoms with van der Waals surface area (Å²) in [6.07, 6.45) is 3.50. The summed E-state index contributed by atoms with van der Waals surface area (Å²) >= 11 is 1.42. The van der Waals surface area contributed by atoms with Crippen LogP contribution in [0.25, 0.3) is 33.7 Å². The fourth-order valence-corrected chi connectivity index (χ4v) is 3.67. The van der Waals surface area contributed by atoms with Gasteiger partial charge in [0.15, 0.2) is 11.6 Å². The van der Waals surface area contributed by atoms with E-state index in [1.165, 1.54) is 11.8 Å². The highest BCUT2D eigenvalue weighted by atomic mass is 32.2. The number of H-pyrrole nitrogens is 1. The highest BCUT2D eigenvalue weighted by Crippen LogP contribution is 2.32. The van der Waals surface area contributed by atoms with Crippen molar-refractivity contribution in [3.05, 3.63) is 79.1 Å². The molecule has 0 atom stereocenters. The Morgan fingerprint density at radius 2 is 1.57 bits per heavy atom. The fourth-order valence-electron chi connectivity index (χ4n) is 2.85. The molecule has 134 valence electrons. The molecule has 0 amide bonds. The molecule has 0 unspecified atom stereocenters. The molecule has 0 spiro atoms. The Kier molecular flexibility index (Phi) is 4.27. The van der Waals surface area contributed by atoms with Gasteiger partial charge in [-0.3, -0.25) is 10.1 Å². The summed E-state index contributed by atoms with van der Waals surface area (Å²) in [5.41, 5.74) is 2.73. The van der Waals surface area contributed by atoms with Crippen molar-refractivity contribution in [2.24, 2.45) is 0 Å². The molecule has 5 rings (SSSR count). The standard InChI is InChI=1S/C21H14N6S/c1-2-7-14(8-3-1)19-25-21(27-26-19)28-20-16-10-4-5-11-17(16)23-18(24-20)15-9-6-12-22-13-15/h1-13H,(H,25,26,27). The Morgan fingerprint density at radius 3 is 2.43 bits per heavy atom. The maximum atomic E-state index is 4.77. The summed E-state index contributed by atoms with van der Waals surface area (Å²) < 4.78 is 0. The molecule has 3 heterocycles. The molecule has 0 fully saturated rings. The smallest absolute Gasteiger partial charge is 0.215 e. The van der Waals surface area contributed by atoms with E-state index in [-0.39, 0.29) is 0 Å². The average Bonchev–Trinajstić information content (AvgIpc) is 3.23. The zero-order chi connectivity index (χ0) is 18.8. The van der Waals surface area contributed by atoms with Crippen molar-refractivity contribution in [3.63, 3.8) is 0 Å². The molecule has 0 bridgehead atoms. The number of aromatic nitrogens is 6. The first-order valence-electron chi connectivity index (χ1n) is 8.70. The van der Waals surface area contributed by atoms with Crippen LogP contribution in [0, 0.1) is 0 Å². The maximum Gasteiger partial charge on any atom is 0.215 e. The van der Waals surface area contributed by atoms with Gasteiger partial charge in [0.1, 0.15) is 5.03 Å². The van der Waals surface area contributed by atoms with Crippen LogP contribution in [0.3, 0.4) is 0 Å². The number of pyridine rings is 1. The van der Waals surface area contributed by atoms with Gasteiger partial charge in [-0.2, -0.15) is 0 Å². The average molecular weight is 382 g/mol. The third-order valence-corrected chi connectivity index (χ3v) is 5.06. The number of nitrogens with one attached hydrogen (secondary N) is 1. The van der Waals surface area contributed by atoms with Crippen LogP contribution < -0.4 is 0 Å². The van der Waals surface area contributed by atoms with Crippen LogP contribution in [0.1, 0.15) is 0 Å². The second-order valence-electron chi connectivity index (χ2n) is 6.05. The Balaban J connectivity index is 1.56. The lowest BCUT2D eigenvalue weighted by Gasteiger charge is -2.06. The van der Waals surface area contributed by atoms with Crippen LogP contribution in [0.15, 0.2) is 89.3 Å². The molecule has 7 heteroatoms. The van der Waals surface area contributed by atoms with Gasteiger partial charge in [0.2, 0.25) is 5.16 Å². The second kappa shape index (κ2) is 7.21. The molecule has 0 aliphatic heterocycles. The van der Waals surface area contributed by atoms with E-state index in [9.17, 15) is 0 Å². The van der Waals surface area contributed by atoms with Gasteiger partial charge in [0.25, 0.3) is 0 Å². The van der Waals surface area contributed by atoms with Gasteiger partial charge in [0.05, 0.1) is 5.52 Å². The molecule has 0 saturated carbocycles. The van der Waals surface area contributed by atoms with Crippen molar-refractivity contribution in [2.45, 2.75) is 10.2 Å². The van der Waals surface area contributed by atoms with Crippen LogP contribution in [0.5, 0.6) is 0 Å². The number of para-hydroxylation sites is 1. The van der Waals surface area contributed by atoms with Crippen molar-refractivity contribution in [2.75, 3.05) is 0 Å². The zero-order valence-corrected chi connectivity index (χ0v) is 15.5. The lowest BCUT2D eigenvalue weighted by atomic mass is 10.2. The Bertz CT molecular complexity index is 1240. The molecule has 28 heavy (non-hydrogen) atoms. The molecule has 5 aromatic rings. The van der Waals surface area contributed by atoms with E-state index >= 15 is 0 Å². The minimum absolute atomic E-state index is 0.611. The maximum absolute atomic E-state index is 4.77. The summed E-state index contributed by atoms with van der Waals surface area (Å²) in [5.74, 6) is 1.36. The van der Waals surface area contributed by atoms with E-state index in [1.807, 2.05) is 66.7 Å². The minimum Gasteiger partial charge on any atom is -0.264 e. The first-order valence-corrected chi connectivity index (χ1v) is 9.51. The number of aromatic amines is 1. The molecule has 0 radical (unpaired) electrons. The number of benzene rings is 2. The highest BCUT2D eigenvalue weighted by Gasteiger charge is 2.14. The summed E-state index contributed by atoms with van der Waals surface area (Å²) in [4.78, 5) is 18.2. The summed E-state index contributed by atoms with van der Waals surface area (Å²) in [5, 5.41) is 9.74. The van der Waals surface area contributed by atoms with Gasteiger partial charge in [-0.25, -0.2) is 15.0 Å². The molecule has 0 saturated heterocycles. The van der Waals surface area contributed by atoms with Gasteiger partial charge < -0.3 is 0 Å². The van der Waals surface area contributed by atoms with Crippen LogP contribution in [0.2, 0.25) is 0 Å². The van der Waals surface area contributed by atoms with E-state index in [2.05, 4.69) is 25.1 Å². The van der Waals surface area contributed by atoms with Crippen LogP contribution in [-0.4, -0.2) is 30.1 Å². The number of nitrogens with zero attached hydrogens (tertiary/aromatic N) is 5. The topological polar surface area (TPSA) is 80.2 Å². The fraction of sp³-hybridized carbons (Fsp3) is 0. The Labute approximate surface area is 165 Å². The molecular weight excluding hydrogens is 368 g/mol. The SMILES string of the molecule is c1ccc(-c2nc(Sc3nc(-c4cccnc4)nc4ccccc34)n[nH]2)cc1. The summed E-state index contributed by atoms with van der Waals surface area (Å²) in [7, 11) is 0. The van der Waals surface area contributed by atoms with E-state index < -0.39 is 0 Å². The number of hydrogen-bond donors (Lipinski definition) is 1. The Hall–Kier alpha value is -3.58. The van der Waals surface area contributed by atoms with Crippen molar-refractivity contribution in [1.82, 2.24) is 30.1 Å². The monoisotopic (exact) mass is 382 g/mol. The molecule has 6 nitrogen and oxygen atoms in total. The zero-order valence-electron chi connectivity index (χ0n) is 14.6. The van der Waals surface area contributed by atoms with Gasteiger partial charge in [0, 0.05) is 28.9 Å².